The second kappa shape index (κ2) is 6.58. The molecule has 0 bridgehead atoms. The van der Waals surface area contributed by atoms with Crippen LogP contribution in [0.4, 0.5) is 5.82 Å². The lowest BCUT2D eigenvalue weighted by Gasteiger charge is -2.20. The van der Waals surface area contributed by atoms with Gasteiger partial charge in [0.25, 0.3) is 0 Å². The van der Waals surface area contributed by atoms with Crippen LogP contribution in [-0.4, -0.2) is 63.6 Å². The van der Waals surface area contributed by atoms with Crippen LogP contribution in [0, 0.1) is 11.8 Å². The summed E-state index contributed by atoms with van der Waals surface area (Å²) in [7, 11) is -1.59. The maximum atomic E-state index is 11.6. The SMILES string of the molecule is CCS(=O)(=O)NC[C@H]1CO[C@H]2CN(c3cc(OC)ncn3)C[C@@H]12. The normalized spacial score (nSPS) is 27.2. The van der Waals surface area contributed by atoms with Gasteiger partial charge in [-0.15, -0.1) is 0 Å². The number of anilines is 1. The summed E-state index contributed by atoms with van der Waals surface area (Å²) in [6.45, 7) is 4.21. The Hall–Kier alpha value is -1.45. The number of methoxy groups -OCH3 is 1. The van der Waals surface area contributed by atoms with Crippen molar-refractivity contribution in [2.75, 3.05) is 44.0 Å². The van der Waals surface area contributed by atoms with Crippen molar-refractivity contribution in [2.45, 2.75) is 13.0 Å². The fourth-order valence-corrected chi connectivity index (χ4v) is 3.82. The molecule has 2 aliphatic rings. The molecule has 0 radical (unpaired) electrons. The quantitative estimate of drug-likeness (QED) is 0.770. The van der Waals surface area contributed by atoms with Crippen molar-refractivity contribution in [3.63, 3.8) is 0 Å². The number of fused-ring (bicyclic) bond motifs is 1. The summed E-state index contributed by atoms with van der Waals surface area (Å²) in [5.41, 5.74) is 0. The number of aromatic nitrogens is 2. The first-order valence-electron chi connectivity index (χ1n) is 7.72. The Labute approximate surface area is 136 Å². The summed E-state index contributed by atoms with van der Waals surface area (Å²) in [5.74, 6) is 1.93. The molecule has 23 heavy (non-hydrogen) atoms. The Morgan fingerprint density at radius 2 is 2.26 bits per heavy atom. The van der Waals surface area contributed by atoms with E-state index in [0.29, 0.717) is 24.9 Å². The fourth-order valence-electron chi connectivity index (χ4n) is 3.15. The molecule has 1 aromatic rings. The molecule has 2 saturated heterocycles. The van der Waals surface area contributed by atoms with Gasteiger partial charge in [0.05, 0.1) is 25.6 Å². The zero-order valence-corrected chi connectivity index (χ0v) is 14.1. The molecule has 3 atom stereocenters. The lowest BCUT2D eigenvalue weighted by molar-refractivity contribution is 0.111. The number of hydrogen-bond donors (Lipinski definition) is 1. The van der Waals surface area contributed by atoms with Crippen molar-refractivity contribution in [3.8, 4) is 5.88 Å². The standard InChI is InChI=1S/C14H22N4O4S/c1-3-23(19,20)17-5-10-8-22-12-7-18(6-11(10)12)13-4-14(21-2)16-9-15-13/h4,9-12,17H,3,5-8H2,1-2H3/t10-,11-,12-/m0/s1. The molecule has 3 heterocycles. The molecular weight excluding hydrogens is 320 g/mol. The van der Waals surface area contributed by atoms with Crippen molar-refractivity contribution >= 4 is 15.8 Å². The molecule has 0 saturated carbocycles. The van der Waals surface area contributed by atoms with E-state index in [4.69, 9.17) is 9.47 Å². The molecule has 9 heteroatoms. The summed E-state index contributed by atoms with van der Waals surface area (Å²) < 4.78 is 36.9. The lowest BCUT2D eigenvalue weighted by Crippen LogP contribution is -2.35. The maximum Gasteiger partial charge on any atom is 0.218 e. The predicted octanol–water partition coefficient (Wildman–Crippen LogP) is -0.124. The van der Waals surface area contributed by atoms with E-state index >= 15 is 0 Å². The van der Waals surface area contributed by atoms with Gasteiger partial charge in [-0.1, -0.05) is 0 Å². The Kier molecular flexibility index (Phi) is 4.69. The van der Waals surface area contributed by atoms with E-state index in [9.17, 15) is 8.42 Å². The van der Waals surface area contributed by atoms with Gasteiger partial charge >= 0.3 is 0 Å². The summed E-state index contributed by atoms with van der Waals surface area (Å²) >= 11 is 0. The highest BCUT2D eigenvalue weighted by molar-refractivity contribution is 7.89. The van der Waals surface area contributed by atoms with Gasteiger partial charge in [-0.25, -0.2) is 23.1 Å². The molecule has 0 aromatic carbocycles. The smallest absolute Gasteiger partial charge is 0.218 e. The van der Waals surface area contributed by atoms with Gasteiger partial charge in [-0.2, -0.15) is 0 Å². The first-order valence-corrected chi connectivity index (χ1v) is 9.37. The Morgan fingerprint density at radius 1 is 1.43 bits per heavy atom. The van der Waals surface area contributed by atoms with Crippen LogP contribution in [0.2, 0.25) is 0 Å². The average molecular weight is 342 g/mol. The maximum absolute atomic E-state index is 11.6. The number of ether oxygens (including phenoxy) is 2. The third-order valence-corrected chi connectivity index (χ3v) is 5.91. The number of rotatable bonds is 6. The van der Waals surface area contributed by atoms with E-state index < -0.39 is 10.0 Å². The number of sulfonamides is 1. The molecule has 0 unspecified atom stereocenters. The second-order valence-corrected chi connectivity index (χ2v) is 7.97. The molecule has 0 spiro atoms. The minimum Gasteiger partial charge on any atom is -0.481 e. The van der Waals surface area contributed by atoms with E-state index in [1.807, 2.05) is 0 Å². The van der Waals surface area contributed by atoms with Crippen LogP contribution in [0.1, 0.15) is 6.92 Å². The van der Waals surface area contributed by atoms with Crippen LogP contribution in [0.5, 0.6) is 5.88 Å². The van der Waals surface area contributed by atoms with Crippen molar-refractivity contribution in [3.05, 3.63) is 12.4 Å². The molecule has 1 N–H and O–H groups in total. The van der Waals surface area contributed by atoms with Crippen molar-refractivity contribution in [2.24, 2.45) is 11.8 Å². The molecule has 2 fully saturated rings. The topological polar surface area (TPSA) is 93.7 Å². The molecule has 0 amide bonds. The monoisotopic (exact) mass is 342 g/mol. The second-order valence-electron chi connectivity index (χ2n) is 5.87. The highest BCUT2D eigenvalue weighted by Gasteiger charge is 2.44. The van der Waals surface area contributed by atoms with Gasteiger partial charge < -0.3 is 14.4 Å². The molecule has 3 rings (SSSR count). The highest BCUT2D eigenvalue weighted by atomic mass is 32.2. The van der Waals surface area contributed by atoms with E-state index in [-0.39, 0.29) is 17.8 Å². The Balaban J connectivity index is 1.64. The van der Waals surface area contributed by atoms with Crippen molar-refractivity contribution in [1.82, 2.24) is 14.7 Å². The van der Waals surface area contributed by atoms with Gasteiger partial charge in [0.1, 0.15) is 12.1 Å². The third kappa shape index (κ3) is 3.56. The first kappa shape index (κ1) is 16.4. The molecule has 128 valence electrons. The van der Waals surface area contributed by atoms with E-state index in [1.54, 1.807) is 20.1 Å². The first-order chi connectivity index (χ1) is 11.0. The van der Waals surface area contributed by atoms with Crippen molar-refractivity contribution < 1.29 is 17.9 Å². The zero-order chi connectivity index (χ0) is 16.4. The third-order valence-electron chi connectivity index (χ3n) is 4.55. The molecule has 1 aromatic heterocycles. The van der Waals surface area contributed by atoms with Crippen LogP contribution in [0.25, 0.3) is 0 Å². The number of nitrogens with zero attached hydrogens (tertiary/aromatic N) is 3. The summed E-state index contributed by atoms with van der Waals surface area (Å²) in [6.07, 6.45) is 1.60. The number of hydrogen-bond acceptors (Lipinski definition) is 7. The van der Waals surface area contributed by atoms with E-state index in [0.717, 1.165) is 18.9 Å². The highest BCUT2D eigenvalue weighted by Crippen LogP contribution is 2.35. The molecule has 8 nitrogen and oxygen atoms in total. The Bertz CT molecular complexity index is 654. The average Bonchev–Trinajstić information content (AvgIpc) is 3.14. The van der Waals surface area contributed by atoms with Crippen LogP contribution in [0.15, 0.2) is 12.4 Å². The minimum atomic E-state index is -3.17. The van der Waals surface area contributed by atoms with Crippen LogP contribution in [0.3, 0.4) is 0 Å². The predicted molar refractivity (Wildman–Crippen MR) is 85.0 cm³/mol. The fraction of sp³-hybridized carbons (Fsp3) is 0.714. The van der Waals surface area contributed by atoms with Crippen LogP contribution in [-0.2, 0) is 14.8 Å². The summed E-state index contributed by atoms with van der Waals surface area (Å²) in [4.78, 5) is 10.4. The van der Waals surface area contributed by atoms with Gasteiger partial charge in [0, 0.05) is 37.5 Å². The van der Waals surface area contributed by atoms with E-state index in [1.165, 1.54) is 6.33 Å². The number of nitrogens with one attached hydrogen (secondary N) is 1. The largest absolute Gasteiger partial charge is 0.481 e. The Morgan fingerprint density at radius 3 is 3.00 bits per heavy atom. The molecule has 0 aliphatic carbocycles. The molecular formula is C14H22N4O4S. The lowest BCUT2D eigenvalue weighted by atomic mass is 9.93. The van der Waals surface area contributed by atoms with Crippen LogP contribution >= 0.6 is 0 Å². The molecule has 2 aliphatic heterocycles. The van der Waals surface area contributed by atoms with Gasteiger partial charge in [0.2, 0.25) is 15.9 Å². The van der Waals surface area contributed by atoms with Crippen LogP contribution < -0.4 is 14.4 Å². The minimum absolute atomic E-state index is 0.0987. The van der Waals surface area contributed by atoms with Gasteiger partial charge in [-0.3, -0.25) is 0 Å². The summed E-state index contributed by atoms with van der Waals surface area (Å²) in [6, 6.07) is 1.80. The summed E-state index contributed by atoms with van der Waals surface area (Å²) in [5, 5.41) is 0. The van der Waals surface area contributed by atoms with Gasteiger partial charge in [0.15, 0.2) is 0 Å². The van der Waals surface area contributed by atoms with E-state index in [2.05, 4.69) is 19.6 Å². The van der Waals surface area contributed by atoms with Crippen molar-refractivity contribution in [1.29, 1.82) is 0 Å². The van der Waals surface area contributed by atoms with Gasteiger partial charge in [-0.05, 0) is 6.92 Å². The zero-order valence-electron chi connectivity index (χ0n) is 13.3.